The van der Waals surface area contributed by atoms with Crippen LogP contribution in [0.4, 0.5) is 18.9 Å². The number of nitrogen functional groups attached to an aromatic ring is 1. The van der Waals surface area contributed by atoms with E-state index in [0.717, 1.165) is 31.5 Å². The van der Waals surface area contributed by atoms with E-state index in [-0.39, 0.29) is 16.9 Å². The van der Waals surface area contributed by atoms with Crippen molar-refractivity contribution in [1.29, 1.82) is 5.41 Å². The predicted molar refractivity (Wildman–Crippen MR) is 73.1 cm³/mol. The number of hydrogen-bond donors (Lipinski definition) is 2. The quantitative estimate of drug-likeness (QED) is 0.646. The Balaban J connectivity index is 2.52. The van der Waals surface area contributed by atoms with Gasteiger partial charge in [-0.05, 0) is 44.9 Å². The highest BCUT2D eigenvalue weighted by Crippen LogP contribution is 2.38. The summed E-state index contributed by atoms with van der Waals surface area (Å²) in [5.74, 6) is -0.339. The average molecular weight is 285 g/mol. The van der Waals surface area contributed by atoms with Crippen molar-refractivity contribution in [2.24, 2.45) is 5.73 Å². The van der Waals surface area contributed by atoms with E-state index in [2.05, 4.69) is 0 Å². The Morgan fingerprint density at radius 2 is 2.00 bits per heavy atom. The van der Waals surface area contributed by atoms with Gasteiger partial charge < -0.3 is 10.6 Å². The van der Waals surface area contributed by atoms with Crippen LogP contribution in [0.1, 0.15) is 37.8 Å². The maximum Gasteiger partial charge on any atom is 0.416 e. The number of anilines is 1. The molecule has 0 radical (unpaired) electrons. The van der Waals surface area contributed by atoms with E-state index >= 15 is 0 Å². The molecule has 1 aliphatic heterocycles. The van der Waals surface area contributed by atoms with Gasteiger partial charge in [-0.3, -0.25) is 5.41 Å². The lowest BCUT2D eigenvalue weighted by atomic mass is 9.99. The van der Waals surface area contributed by atoms with Crippen LogP contribution >= 0.6 is 0 Å². The van der Waals surface area contributed by atoms with Crippen molar-refractivity contribution >= 4 is 11.5 Å². The van der Waals surface area contributed by atoms with Gasteiger partial charge in [0.2, 0.25) is 0 Å². The molecular formula is C14H18F3N3. The molecule has 0 atom stereocenters. The Morgan fingerprint density at radius 3 is 2.45 bits per heavy atom. The highest BCUT2D eigenvalue weighted by atomic mass is 19.4. The zero-order valence-electron chi connectivity index (χ0n) is 11.5. The van der Waals surface area contributed by atoms with Gasteiger partial charge in [-0.15, -0.1) is 0 Å². The number of rotatable bonds is 2. The van der Waals surface area contributed by atoms with E-state index < -0.39 is 11.7 Å². The van der Waals surface area contributed by atoms with Crippen molar-refractivity contribution in [3.63, 3.8) is 0 Å². The largest absolute Gasteiger partial charge is 0.416 e. The van der Waals surface area contributed by atoms with Gasteiger partial charge in [0.25, 0.3) is 0 Å². The Labute approximate surface area is 116 Å². The van der Waals surface area contributed by atoms with Crippen molar-refractivity contribution < 1.29 is 13.2 Å². The van der Waals surface area contributed by atoms with Gasteiger partial charge in [0.05, 0.1) is 5.56 Å². The van der Waals surface area contributed by atoms with E-state index in [9.17, 15) is 13.2 Å². The number of amidine groups is 1. The van der Waals surface area contributed by atoms with Crippen LogP contribution in [-0.4, -0.2) is 17.9 Å². The first-order valence-corrected chi connectivity index (χ1v) is 6.46. The van der Waals surface area contributed by atoms with Gasteiger partial charge in [-0.2, -0.15) is 13.2 Å². The Bertz CT molecular complexity index is 535. The van der Waals surface area contributed by atoms with Gasteiger partial charge in [0.1, 0.15) is 5.84 Å². The molecule has 1 saturated heterocycles. The number of hydrogen-bond acceptors (Lipinski definition) is 2. The van der Waals surface area contributed by atoms with Crippen LogP contribution in [0.25, 0.3) is 0 Å². The number of benzene rings is 1. The van der Waals surface area contributed by atoms with Crippen LogP contribution in [0.3, 0.4) is 0 Å². The predicted octanol–water partition coefficient (Wildman–Crippen LogP) is 3.37. The first kappa shape index (κ1) is 14.7. The maximum atomic E-state index is 12.8. The highest BCUT2D eigenvalue weighted by molar-refractivity contribution is 6.01. The van der Waals surface area contributed by atoms with E-state index in [0.29, 0.717) is 5.69 Å². The second kappa shape index (κ2) is 4.68. The fourth-order valence-corrected chi connectivity index (χ4v) is 2.72. The lowest BCUT2D eigenvalue weighted by Gasteiger charge is -2.35. The Kier molecular flexibility index (Phi) is 3.44. The van der Waals surface area contributed by atoms with Crippen molar-refractivity contribution in [2.45, 2.75) is 38.4 Å². The molecule has 1 fully saturated rings. The normalized spacial score (nSPS) is 18.4. The molecule has 0 bridgehead atoms. The van der Waals surface area contributed by atoms with Crippen LogP contribution < -0.4 is 10.6 Å². The van der Waals surface area contributed by atoms with Crippen LogP contribution in [0.15, 0.2) is 18.2 Å². The average Bonchev–Trinajstić information content (AvgIpc) is 2.66. The lowest BCUT2D eigenvalue weighted by Crippen LogP contribution is -2.39. The van der Waals surface area contributed by atoms with Gasteiger partial charge >= 0.3 is 6.18 Å². The third-order valence-electron chi connectivity index (χ3n) is 3.81. The molecule has 1 aromatic carbocycles. The van der Waals surface area contributed by atoms with Crippen molar-refractivity contribution in [1.82, 2.24) is 0 Å². The maximum absolute atomic E-state index is 12.8. The first-order chi connectivity index (χ1) is 9.13. The van der Waals surface area contributed by atoms with E-state index in [1.807, 2.05) is 18.7 Å². The monoisotopic (exact) mass is 285 g/mol. The van der Waals surface area contributed by atoms with Gasteiger partial charge in [-0.1, -0.05) is 0 Å². The van der Waals surface area contributed by atoms with E-state index in [4.69, 9.17) is 11.1 Å². The molecule has 0 aromatic heterocycles. The lowest BCUT2D eigenvalue weighted by molar-refractivity contribution is -0.137. The summed E-state index contributed by atoms with van der Waals surface area (Å²) in [6.45, 7) is 4.85. The summed E-state index contributed by atoms with van der Waals surface area (Å²) in [6, 6.07) is 3.44. The minimum absolute atomic E-state index is 0.135. The molecule has 0 aliphatic carbocycles. The molecule has 0 saturated carbocycles. The third-order valence-corrected chi connectivity index (χ3v) is 3.81. The second-order valence-corrected chi connectivity index (χ2v) is 5.71. The Morgan fingerprint density at radius 1 is 1.35 bits per heavy atom. The number of nitrogens with zero attached hydrogens (tertiary/aromatic N) is 1. The highest BCUT2D eigenvalue weighted by Gasteiger charge is 2.36. The third kappa shape index (κ3) is 2.59. The number of nitrogens with one attached hydrogen (secondary N) is 1. The summed E-state index contributed by atoms with van der Waals surface area (Å²) in [6.07, 6.45) is -2.49. The van der Waals surface area contributed by atoms with Crippen LogP contribution in [0, 0.1) is 5.41 Å². The Hall–Kier alpha value is -1.72. The smallest absolute Gasteiger partial charge is 0.384 e. The molecule has 2 rings (SSSR count). The minimum atomic E-state index is -4.43. The molecule has 1 aromatic rings. The SMILES string of the molecule is CC1(C)CCCN1c1ccc(C(F)(F)F)cc1C(=N)N. The number of halogens is 3. The van der Waals surface area contributed by atoms with Gasteiger partial charge in [0.15, 0.2) is 0 Å². The number of alkyl halides is 3. The van der Waals surface area contributed by atoms with Crippen LogP contribution in [-0.2, 0) is 6.18 Å². The molecule has 6 heteroatoms. The fourth-order valence-electron chi connectivity index (χ4n) is 2.72. The molecule has 3 N–H and O–H groups in total. The molecule has 3 nitrogen and oxygen atoms in total. The summed E-state index contributed by atoms with van der Waals surface area (Å²) in [5.41, 5.74) is 5.32. The standard InChI is InChI=1S/C14H18F3N3/c1-13(2)6-3-7-20(13)11-5-4-9(14(15,16)17)8-10(11)12(18)19/h4-5,8H,3,6-7H2,1-2H3,(H3,18,19). The summed E-state index contributed by atoms with van der Waals surface area (Å²) >= 11 is 0. The molecule has 1 aliphatic rings. The van der Waals surface area contributed by atoms with E-state index in [1.165, 1.54) is 6.07 Å². The number of nitrogens with two attached hydrogens (primary N) is 1. The van der Waals surface area contributed by atoms with Crippen LogP contribution in [0.5, 0.6) is 0 Å². The molecule has 0 amide bonds. The molecule has 1 heterocycles. The minimum Gasteiger partial charge on any atom is -0.384 e. The topological polar surface area (TPSA) is 53.1 Å². The summed E-state index contributed by atoms with van der Waals surface area (Å²) < 4.78 is 38.3. The first-order valence-electron chi connectivity index (χ1n) is 6.46. The molecule has 20 heavy (non-hydrogen) atoms. The van der Waals surface area contributed by atoms with E-state index in [1.54, 1.807) is 0 Å². The molecule has 0 unspecified atom stereocenters. The summed E-state index contributed by atoms with van der Waals surface area (Å²) in [7, 11) is 0. The molecular weight excluding hydrogens is 267 g/mol. The fraction of sp³-hybridized carbons (Fsp3) is 0.500. The zero-order valence-corrected chi connectivity index (χ0v) is 11.5. The second-order valence-electron chi connectivity index (χ2n) is 5.71. The molecule has 110 valence electrons. The van der Waals surface area contributed by atoms with Crippen molar-refractivity contribution in [3.05, 3.63) is 29.3 Å². The van der Waals surface area contributed by atoms with Crippen molar-refractivity contribution in [3.8, 4) is 0 Å². The summed E-state index contributed by atoms with van der Waals surface area (Å²) in [5, 5.41) is 7.55. The summed E-state index contributed by atoms with van der Waals surface area (Å²) in [4.78, 5) is 2.03. The zero-order chi connectivity index (χ0) is 15.1. The van der Waals surface area contributed by atoms with Crippen LogP contribution in [0.2, 0.25) is 0 Å². The van der Waals surface area contributed by atoms with Gasteiger partial charge in [0, 0.05) is 23.3 Å². The molecule has 0 spiro atoms. The van der Waals surface area contributed by atoms with Gasteiger partial charge in [-0.25, -0.2) is 0 Å². The van der Waals surface area contributed by atoms with Crippen molar-refractivity contribution in [2.75, 3.05) is 11.4 Å².